The van der Waals surface area contributed by atoms with Crippen molar-refractivity contribution in [2.75, 3.05) is 14.2 Å². The SMILES string of the molecule is COC(/C=C/CCC=P(c1ccccc1)(c1ccccc1)c1ccccc1)OC. The van der Waals surface area contributed by atoms with E-state index in [1.165, 1.54) is 15.9 Å². The Hall–Kier alpha value is -2.38. The van der Waals surface area contributed by atoms with Crippen molar-refractivity contribution in [1.29, 1.82) is 0 Å². The van der Waals surface area contributed by atoms with Crippen molar-refractivity contribution in [1.82, 2.24) is 0 Å². The van der Waals surface area contributed by atoms with Crippen LogP contribution in [0, 0.1) is 0 Å². The molecule has 3 aromatic carbocycles. The number of unbranched alkanes of at least 4 members (excludes halogenated alkanes) is 1. The molecular formula is C26H29O2P. The first kappa shape index (κ1) is 21.3. The smallest absolute Gasteiger partial charge is 0.176 e. The second-order valence-corrected chi connectivity index (χ2v) is 10.1. The minimum Gasteiger partial charge on any atom is -0.352 e. The van der Waals surface area contributed by atoms with Crippen molar-refractivity contribution in [3.8, 4) is 0 Å². The van der Waals surface area contributed by atoms with Crippen molar-refractivity contribution < 1.29 is 9.47 Å². The molecule has 0 aromatic heterocycles. The van der Waals surface area contributed by atoms with E-state index in [4.69, 9.17) is 9.47 Å². The molecular weight excluding hydrogens is 375 g/mol. The minimum absolute atomic E-state index is 0.285. The average molecular weight is 404 g/mol. The van der Waals surface area contributed by atoms with E-state index in [1.807, 2.05) is 6.08 Å². The molecule has 0 aliphatic carbocycles. The first-order valence-electron chi connectivity index (χ1n) is 9.93. The van der Waals surface area contributed by atoms with Gasteiger partial charge >= 0.3 is 0 Å². The molecule has 0 atom stereocenters. The Kier molecular flexibility index (Phi) is 8.07. The Bertz CT molecular complexity index is 827. The predicted molar refractivity (Wildman–Crippen MR) is 127 cm³/mol. The third kappa shape index (κ3) is 5.16. The van der Waals surface area contributed by atoms with Gasteiger partial charge in [0.2, 0.25) is 0 Å². The van der Waals surface area contributed by atoms with Gasteiger partial charge in [-0.2, -0.15) is 0 Å². The first-order valence-corrected chi connectivity index (χ1v) is 11.8. The molecule has 3 rings (SSSR count). The molecule has 0 aliphatic heterocycles. The van der Waals surface area contributed by atoms with E-state index in [9.17, 15) is 0 Å². The zero-order valence-electron chi connectivity index (χ0n) is 17.1. The summed E-state index contributed by atoms with van der Waals surface area (Å²) in [6.45, 7) is -1.85. The van der Waals surface area contributed by atoms with Gasteiger partial charge in [0.15, 0.2) is 6.29 Å². The monoisotopic (exact) mass is 404 g/mol. The molecule has 29 heavy (non-hydrogen) atoms. The van der Waals surface area contributed by atoms with E-state index in [0.717, 1.165) is 12.8 Å². The number of ether oxygens (including phenoxy) is 2. The van der Waals surface area contributed by atoms with Crippen LogP contribution in [0.4, 0.5) is 0 Å². The maximum atomic E-state index is 5.24. The van der Waals surface area contributed by atoms with E-state index in [0.29, 0.717) is 0 Å². The van der Waals surface area contributed by atoms with Gasteiger partial charge in [0.25, 0.3) is 0 Å². The number of hydrogen-bond donors (Lipinski definition) is 0. The number of methoxy groups -OCH3 is 2. The lowest BCUT2D eigenvalue weighted by atomic mass is 10.3. The third-order valence-electron chi connectivity index (χ3n) is 4.98. The maximum absolute atomic E-state index is 5.24. The van der Waals surface area contributed by atoms with Gasteiger partial charge in [-0.3, -0.25) is 0 Å². The van der Waals surface area contributed by atoms with Crippen LogP contribution in [0.2, 0.25) is 0 Å². The molecule has 0 aliphatic rings. The average Bonchev–Trinajstić information content (AvgIpc) is 2.81. The topological polar surface area (TPSA) is 18.5 Å². The molecule has 0 bridgehead atoms. The normalized spacial score (nSPS) is 11.8. The third-order valence-corrected chi connectivity index (χ3v) is 9.13. The molecule has 0 amide bonds. The summed E-state index contributed by atoms with van der Waals surface area (Å²) < 4.78 is 10.5. The largest absolute Gasteiger partial charge is 0.352 e. The molecule has 0 saturated heterocycles. The van der Waals surface area contributed by atoms with Gasteiger partial charge in [-0.1, -0.05) is 103 Å². The van der Waals surface area contributed by atoms with Crippen LogP contribution in [0.25, 0.3) is 0 Å². The summed E-state index contributed by atoms with van der Waals surface area (Å²) >= 11 is 0. The number of benzene rings is 3. The summed E-state index contributed by atoms with van der Waals surface area (Å²) in [5.41, 5.74) is 0. The Balaban J connectivity index is 2.08. The fraction of sp³-hybridized carbons (Fsp3) is 0.192. The lowest BCUT2D eigenvalue weighted by Crippen LogP contribution is -2.26. The highest BCUT2D eigenvalue weighted by molar-refractivity contribution is 7.94. The van der Waals surface area contributed by atoms with Crippen LogP contribution in [-0.2, 0) is 9.47 Å². The highest BCUT2D eigenvalue weighted by atomic mass is 31.2. The van der Waals surface area contributed by atoms with Crippen molar-refractivity contribution in [2.45, 2.75) is 19.1 Å². The summed E-state index contributed by atoms with van der Waals surface area (Å²) in [6, 6.07) is 32.8. The fourth-order valence-electron chi connectivity index (χ4n) is 3.58. The van der Waals surface area contributed by atoms with E-state index in [1.54, 1.807) is 14.2 Å². The zero-order chi connectivity index (χ0) is 20.4. The van der Waals surface area contributed by atoms with Crippen molar-refractivity contribution >= 4 is 28.6 Å². The predicted octanol–water partition coefficient (Wildman–Crippen LogP) is 4.74. The standard InChI is InChI=1S/C26H29O2P/c1-27-26(28-2)21-13-6-14-22-29(23-15-7-3-8-16-23,24-17-9-4-10-18-24)25-19-11-5-12-20-25/h3-5,7-13,15-22,26H,6,14H2,1-2H3/b21-13+. The minimum atomic E-state index is -1.85. The highest BCUT2D eigenvalue weighted by Gasteiger charge is 2.24. The van der Waals surface area contributed by atoms with Crippen molar-refractivity contribution in [3.63, 3.8) is 0 Å². The quantitative estimate of drug-likeness (QED) is 0.222. The molecule has 0 saturated carbocycles. The van der Waals surface area contributed by atoms with E-state index < -0.39 is 6.89 Å². The van der Waals surface area contributed by atoms with Gasteiger partial charge in [-0.15, -0.1) is 0 Å². The van der Waals surface area contributed by atoms with Crippen LogP contribution in [-0.4, -0.2) is 26.3 Å². The summed E-state index contributed by atoms with van der Waals surface area (Å²) in [7, 11) is 3.31. The molecule has 0 fully saturated rings. The second-order valence-electron chi connectivity index (χ2n) is 6.76. The molecule has 2 nitrogen and oxygen atoms in total. The van der Waals surface area contributed by atoms with Crippen LogP contribution >= 0.6 is 6.89 Å². The van der Waals surface area contributed by atoms with Gasteiger partial charge in [0.1, 0.15) is 0 Å². The molecule has 0 radical (unpaired) electrons. The molecule has 0 N–H and O–H groups in total. The van der Waals surface area contributed by atoms with E-state index in [-0.39, 0.29) is 6.29 Å². The zero-order valence-corrected chi connectivity index (χ0v) is 18.0. The van der Waals surface area contributed by atoms with Gasteiger partial charge in [0, 0.05) is 14.2 Å². The molecule has 3 heteroatoms. The van der Waals surface area contributed by atoms with Crippen LogP contribution in [0.15, 0.2) is 103 Å². The second kappa shape index (κ2) is 11.0. The van der Waals surface area contributed by atoms with Gasteiger partial charge in [0.05, 0.1) is 0 Å². The van der Waals surface area contributed by atoms with Crippen molar-refractivity contribution in [2.24, 2.45) is 0 Å². The Morgan fingerprint density at radius 1 is 0.655 bits per heavy atom. The maximum Gasteiger partial charge on any atom is 0.176 e. The van der Waals surface area contributed by atoms with Crippen molar-refractivity contribution in [3.05, 3.63) is 103 Å². The Morgan fingerprint density at radius 3 is 1.45 bits per heavy atom. The fourth-order valence-corrected chi connectivity index (χ4v) is 7.57. The van der Waals surface area contributed by atoms with Crippen LogP contribution in [0.1, 0.15) is 12.8 Å². The lowest BCUT2D eigenvalue weighted by Gasteiger charge is -2.28. The van der Waals surface area contributed by atoms with Gasteiger partial charge in [-0.05, 0) is 41.7 Å². The summed E-state index contributed by atoms with van der Waals surface area (Å²) in [5.74, 6) is 2.55. The van der Waals surface area contributed by atoms with E-state index in [2.05, 4.69) is 103 Å². The van der Waals surface area contributed by atoms with Gasteiger partial charge in [-0.25, -0.2) is 0 Å². The lowest BCUT2D eigenvalue weighted by molar-refractivity contribution is -0.0667. The molecule has 3 aromatic rings. The molecule has 0 heterocycles. The van der Waals surface area contributed by atoms with Gasteiger partial charge < -0.3 is 9.47 Å². The summed E-state index contributed by atoms with van der Waals surface area (Å²) in [6.07, 6.45) is 5.75. The van der Waals surface area contributed by atoms with Crippen LogP contribution < -0.4 is 15.9 Å². The molecule has 0 spiro atoms. The first-order chi connectivity index (χ1) is 14.3. The number of rotatable bonds is 9. The van der Waals surface area contributed by atoms with E-state index >= 15 is 0 Å². The Labute approximate surface area is 174 Å². The Morgan fingerprint density at radius 2 is 1.07 bits per heavy atom. The number of hydrogen-bond acceptors (Lipinski definition) is 2. The highest BCUT2D eigenvalue weighted by Crippen LogP contribution is 2.43. The van der Waals surface area contributed by atoms with Crippen LogP contribution in [0.3, 0.4) is 0 Å². The summed E-state index contributed by atoms with van der Waals surface area (Å²) in [4.78, 5) is 0. The van der Waals surface area contributed by atoms with Crippen LogP contribution in [0.5, 0.6) is 0 Å². The number of allylic oxidation sites excluding steroid dienone is 1. The molecule has 0 unspecified atom stereocenters. The molecule has 150 valence electrons. The summed E-state index contributed by atoms with van der Waals surface area (Å²) in [5, 5.41) is 4.15.